The minimum Gasteiger partial charge on any atom is -0.297 e. The number of hydrogen-bond acceptors (Lipinski definition) is 2. The van der Waals surface area contributed by atoms with Crippen molar-refractivity contribution in [2.45, 2.75) is 72.9 Å². The standard InChI is InChI=1S/C16H30BrN3/c1-5-9-11-19(12-10-6-2)13-15-16(17)14(7-3)18-20(15)8-4/h5-13H2,1-4H3. The van der Waals surface area contributed by atoms with E-state index in [1.165, 1.54) is 54.6 Å². The highest BCUT2D eigenvalue weighted by Crippen LogP contribution is 2.24. The molecular formula is C16H30BrN3. The minimum absolute atomic E-state index is 0.948. The molecule has 0 aliphatic carbocycles. The van der Waals surface area contributed by atoms with Crippen molar-refractivity contribution < 1.29 is 0 Å². The molecule has 1 aromatic heterocycles. The molecule has 0 radical (unpaired) electrons. The molecule has 116 valence electrons. The lowest BCUT2D eigenvalue weighted by Crippen LogP contribution is -2.27. The maximum Gasteiger partial charge on any atom is 0.0767 e. The van der Waals surface area contributed by atoms with Crippen molar-refractivity contribution >= 4 is 15.9 Å². The molecule has 20 heavy (non-hydrogen) atoms. The first-order valence-electron chi connectivity index (χ1n) is 8.14. The highest BCUT2D eigenvalue weighted by atomic mass is 79.9. The molecule has 0 N–H and O–H groups in total. The van der Waals surface area contributed by atoms with Crippen LogP contribution in [-0.4, -0.2) is 27.8 Å². The Bertz CT molecular complexity index is 379. The zero-order valence-corrected chi connectivity index (χ0v) is 15.2. The number of halogens is 1. The van der Waals surface area contributed by atoms with Crippen LogP contribution in [0.5, 0.6) is 0 Å². The summed E-state index contributed by atoms with van der Waals surface area (Å²) in [5.74, 6) is 0. The lowest BCUT2D eigenvalue weighted by molar-refractivity contribution is 0.249. The minimum atomic E-state index is 0.948. The Balaban J connectivity index is 2.82. The summed E-state index contributed by atoms with van der Waals surface area (Å²) in [4.78, 5) is 2.58. The Morgan fingerprint density at radius 2 is 1.65 bits per heavy atom. The molecule has 0 aromatic carbocycles. The number of aromatic nitrogens is 2. The second kappa shape index (κ2) is 9.56. The molecule has 4 heteroatoms. The fraction of sp³-hybridized carbons (Fsp3) is 0.812. The fourth-order valence-electron chi connectivity index (χ4n) is 2.41. The predicted molar refractivity (Wildman–Crippen MR) is 90.1 cm³/mol. The summed E-state index contributed by atoms with van der Waals surface area (Å²) in [6.07, 6.45) is 6.07. The predicted octanol–water partition coefficient (Wildman–Crippen LogP) is 4.63. The summed E-state index contributed by atoms with van der Waals surface area (Å²) >= 11 is 3.76. The first-order chi connectivity index (χ1) is 9.67. The summed E-state index contributed by atoms with van der Waals surface area (Å²) in [7, 11) is 0. The topological polar surface area (TPSA) is 21.1 Å². The van der Waals surface area contributed by atoms with E-state index in [4.69, 9.17) is 5.10 Å². The number of unbranched alkanes of at least 4 members (excludes halogenated alkanes) is 2. The molecule has 1 heterocycles. The molecule has 0 spiro atoms. The van der Waals surface area contributed by atoms with Crippen LogP contribution in [0.3, 0.4) is 0 Å². The Hall–Kier alpha value is -0.350. The number of rotatable bonds is 10. The van der Waals surface area contributed by atoms with Crippen LogP contribution in [0.15, 0.2) is 4.47 Å². The van der Waals surface area contributed by atoms with Crippen molar-refractivity contribution in [2.75, 3.05) is 13.1 Å². The van der Waals surface area contributed by atoms with Gasteiger partial charge in [0, 0.05) is 13.1 Å². The Kier molecular flexibility index (Phi) is 8.46. The zero-order valence-electron chi connectivity index (χ0n) is 13.6. The van der Waals surface area contributed by atoms with Crippen molar-refractivity contribution in [3.05, 3.63) is 15.9 Å². The van der Waals surface area contributed by atoms with Gasteiger partial charge in [-0.1, -0.05) is 33.6 Å². The van der Waals surface area contributed by atoms with Gasteiger partial charge in [-0.15, -0.1) is 0 Å². The van der Waals surface area contributed by atoms with Gasteiger partial charge < -0.3 is 0 Å². The van der Waals surface area contributed by atoms with Gasteiger partial charge in [0.1, 0.15) is 0 Å². The molecule has 3 nitrogen and oxygen atoms in total. The van der Waals surface area contributed by atoms with Crippen LogP contribution in [0, 0.1) is 0 Å². The van der Waals surface area contributed by atoms with Gasteiger partial charge in [-0.25, -0.2) is 0 Å². The monoisotopic (exact) mass is 343 g/mol. The van der Waals surface area contributed by atoms with E-state index in [9.17, 15) is 0 Å². The molecule has 0 amide bonds. The third-order valence-corrected chi connectivity index (χ3v) is 4.64. The SMILES string of the molecule is CCCCN(CCCC)Cc1c(Br)c(CC)nn1CC. The molecule has 0 aliphatic heterocycles. The van der Waals surface area contributed by atoms with E-state index >= 15 is 0 Å². The number of nitrogens with zero attached hydrogens (tertiary/aromatic N) is 3. The van der Waals surface area contributed by atoms with E-state index < -0.39 is 0 Å². The highest BCUT2D eigenvalue weighted by Gasteiger charge is 2.16. The lowest BCUT2D eigenvalue weighted by Gasteiger charge is -2.22. The highest BCUT2D eigenvalue weighted by molar-refractivity contribution is 9.10. The van der Waals surface area contributed by atoms with Gasteiger partial charge in [0.05, 0.1) is 15.9 Å². The van der Waals surface area contributed by atoms with Crippen LogP contribution in [0.1, 0.15) is 64.8 Å². The second-order valence-electron chi connectivity index (χ2n) is 5.36. The Morgan fingerprint density at radius 3 is 2.10 bits per heavy atom. The summed E-state index contributed by atoms with van der Waals surface area (Å²) in [5, 5.41) is 4.70. The molecule has 0 bridgehead atoms. The van der Waals surface area contributed by atoms with Gasteiger partial charge in [0.25, 0.3) is 0 Å². The van der Waals surface area contributed by atoms with Gasteiger partial charge >= 0.3 is 0 Å². The molecule has 0 saturated carbocycles. The fourth-order valence-corrected chi connectivity index (χ4v) is 3.10. The normalized spacial score (nSPS) is 11.5. The molecule has 0 fully saturated rings. The van der Waals surface area contributed by atoms with Crippen molar-refractivity contribution in [3.8, 4) is 0 Å². The summed E-state index contributed by atoms with van der Waals surface area (Å²) in [6.45, 7) is 13.2. The van der Waals surface area contributed by atoms with E-state index in [2.05, 4.69) is 53.2 Å². The molecule has 0 saturated heterocycles. The Labute approximate surface area is 132 Å². The number of aryl methyl sites for hydroxylation is 2. The zero-order chi connectivity index (χ0) is 15.0. The van der Waals surface area contributed by atoms with Crippen molar-refractivity contribution in [2.24, 2.45) is 0 Å². The molecule has 1 rings (SSSR count). The maximum atomic E-state index is 4.70. The average Bonchev–Trinajstić information content (AvgIpc) is 2.77. The van der Waals surface area contributed by atoms with E-state index in [1.54, 1.807) is 0 Å². The quantitative estimate of drug-likeness (QED) is 0.617. The van der Waals surface area contributed by atoms with Crippen LogP contribution in [0.4, 0.5) is 0 Å². The van der Waals surface area contributed by atoms with Gasteiger partial charge in [-0.05, 0) is 55.2 Å². The van der Waals surface area contributed by atoms with Crippen LogP contribution in [-0.2, 0) is 19.5 Å². The summed E-state index contributed by atoms with van der Waals surface area (Å²) in [5.41, 5.74) is 2.53. The van der Waals surface area contributed by atoms with Crippen LogP contribution in [0.25, 0.3) is 0 Å². The molecule has 0 unspecified atom stereocenters. The first-order valence-corrected chi connectivity index (χ1v) is 8.93. The second-order valence-corrected chi connectivity index (χ2v) is 6.15. The maximum absolute atomic E-state index is 4.70. The van der Waals surface area contributed by atoms with E-state index in [-0.39, 0.29) is 0 Å². The van der Waals surface area contributed by atoms with E-state index in [0.29, 0.717) is 0 Å². The summed E-state index contributed by atoms with van der Waals surface area (Å²) in [6, 6.07) is 0. The molecule has 0 aliphatic rings. The molecular weight excluding hydrogens is 314 g/mol. The van der Waals surface area contributed by atoms with Crippen LogP contribution in [0.2, 0.25) is 0 Å². The first kappa shape index (κ1) is 17.7. The van der Waals surface area contributed by atoms with Crippen molar-refractivity contribution in [1.29, 1.82) is 0 Å². The lowest BCUT2D eigenvalue weighted by atomic mass is 10.2. The third-order valence-electron chi connectivity index (χ3n) is 3.72. The van der Waals surface area contributed by atoms with Gasteiger partial charge in [0.15, 0.2) is 0 Å². The summed E-state index contributed by atoms with van der Waals surface area (Å²) < 4.78 is 3.38. The largest absolute Gasteiger partial charge is 0.297 e. The molecule has 1 aromatic rings. The average molecular weight is 344 g/mol. The number of hydrogen-bond donors (Lipinski definition) is 0. The van der Waals surface area contributed by atoms with Crippen molar-refractivity contribution in [3.63, 3.8) is 0 Å². The van der Waals surface area contributed by atoms with Crippen molar-refractivity contribution in [1.82, 2.24) is 14.7 Å². The molecule has 0 atom stereocenters. The smallest absolute Gasteiger partial charge is 0.0767 e. The van der Waals surface area contributed by atoms with E-state index in [1.807, 2.05) is 0 Å². The Morgan fingerprint density at radius 1 is 1.05 bits per heavy atom. The van der Waals surface area contributed by atoms with Gasteiger partial charge in [0.2, 0.25) is 0 Å². The van der Waals surface area contributed by atoms with Gasteiger partial charge in [-0.3, -0.25) is 9.58 Å². The van der Waals surface area contributed by atoms with Crippen LogP contribution < -0.4 is 0 Å². The van der Waals surface area contributed by atoms with E-state index in [0.717, 1.165) is 19.5 Å². The third kappa shape index (κ3) is 4.88. The van der Waals surface area contributed by atoms with Crippen LogP contribution >= 0.6 is 15.9 Å². The van der Waals surface area contributed by atoms with Gasteiger partial charge in [-0.2, -0.15) is 5.10 Å².